The first-order valence-electron chi connectivity index (χ1n) is 7.23. The Morgan fingerprint density at radius 2 is 1.71 bits per heavy atom. The van der Waals surface area contributed by atoms with Crippen LogP contribution in [0.1, 0.15) is 29.2 Å². The molecule has 112 valence electrons. The average Bonchev–Trinajstić information content (AvgIpc) is 2.47. The van der Waals surface area contributed by atoms with E-state index in [4.69, 9.17) is 4.74 Å². The minimum Gasteiger partial charge on any atom is -0.496 e. The third-order valence-electron chi connectivity index (χ3n) is 4.00. The van der Waals surface area contributed by atoms with Crippen molar-refractivity contribution in [2.45, 2.75) is 34.6 Å². The van der Waals surface area contributed by atoms with Crippen molar-refractivity contribution < 1.29 is 4.74 Å². The van der Waals surface area contributed by atoms with Crippen molar-refractivity contribution in [1.82, 2.24) is 10.2 Å². The van der Waals surface area contributed by atoms with Crippen LogP contribution in [0, 0.1) is 27.7 Å². The molecule has 0 aliphatic rings. The Morgan fingerprint density at radius 1 is 1.00 bits per heavy atom. The third kappa shape index (κ3) is 2.71. The van der Waals surface area contributed by atoms with Crippen LogP contribution in [-0.2, 0) is 0 Å². The summed E-state index contributed by atoms with van der Waals surface area (Å²) < 4.78 is 5.60. The molecule has 1 heterocycles. The van der Waals surface area contributed by atoms with E-state index < -0.39 is 0 Å². The lowest BCUT2D eigenvalue weighted by Gasteiger charge is -2.16. The van der Waals surface area contributed by atoms with Gasteiger partial charge in [-0.3, -0.25) is 0 Å². The van der Waals surface area contributed by atoms with Gasteiger partial charge < -0.3 is 10.1 Å². The number of aryl methyl sites for hydroxylation is 1. The molecule has 0 aliphatic heterocycles. The Morgan fingerprint density at radius 3 is 2.33 bits per heavy atom. The first-order chi connectivity index (χ1) is 10.0. The summed E-state index contributed by atoms with van der Waals surface area (Å²) in [5.41, 5.74) is 6.49. The average molecular weight is 285 g/mol. The largest absolute Gasteiger partial charge is 0.496 e. The maximum Gasteiger partial charge on any atom is 0.151 e. The molecule has 21 heavy (non-hydrogen) atoms. The quantitative estimate of drug-likeness (QED) is 0.927. The van der Waals surface area contributed by atoms with Crippen molar-refractivity contribution in [1.29, 1.82) is 0 Å². The van der Waals surface area contributed by atoms with Gasteiger partial charge in [0.05, 0.1) is 12.8 Å². The molecule has 4 nitrogen and oxygen atoms in total. The van der Waals surface area contributed by atoms with Crippen LogP contribution in [0.5, 0.6) is 5.75 Å². The SMILES string of the molecule is CCNc1nnc(-c2ccc(C)c(C)c2OC)c(C)c1C. The van der Waals surface area contributed by atoms with Crippen molar-refractivity contribution in [3.63, 3.8) is 0 Å². The Bertz CT molecular complexity index is 666. The van der Waals surface area contributed by atoms with Gasteiger partial charge in [0, 0.05) is 12.1 Å². The molecule has 0 bridgehead atoms. The summed E-state index contributed by atoms with van der Waals surface area (Å²) in [5.74, 6) is 1.73. The fourth-order valence-corrected chi connectivity index (χ4v) is 2.44. The second-order valence-corrected chi connectivity index (χ2v) is 5.27. The van der Waals surface area contributed by atoms with Gasteiger partial charge in [-0.05, 0) is 62.9 Å². The highest BCUT2D eigenvalue weighted by atomic mass is 16.5. The number of aromatic nitrogens is 2. The number of hydrogen-bond acceptors (Lipinski definition) is 4. The van der Waals surface area contributed by atoms with Crippen LogP contribution >= 0.6 is 0 Å². The Hall–Kier alpha value is -2.10. The van der Waals surface area contributed by atoms with Crippen molar-refractivity contribution in [2.24, 2.45) is 0 Å². The van der Waals surface area contributed by atoms with Crippen molar-refractivity contribution in [3.8, 4) is 17.0 Å². The maximum absolute atomic E-state index is 5.60. The van der Waals surface area contributed by atoms with Crippen molar-refractivity contribution in [3.05, 3.63) is 34.4 Å². The smallest absolute Gasteiger partial charge is 0.151 e. The molecule has 0 spiro atoms. The zero-order chi connectivity index (χ0) is 15.6. The van der Waals surface area contributed by atoms with Gasteiger partial charge in [-0.15, -0.1) is 10.2 Å². The normalized spacial score (nSPS) is 10.6. The fraction of sp³-hybridized carbons (Fsp3) is 0.412. The molecule has 0 unspecified atom stereocenters. The van der Waals surface area contributed by atoms with E-state index in [1.54, 1.807) is 7.11 Å². The number of methoxy groups -OCH3 is 1. The molecule has 1 N–H and O–H groups in total. The Labute approximate surface area is 126 Å². The first-order valence-corrected chi connectivity index (χ1v) is 7.23. The number of ether oxygens (including phenoxy) is 1. The van der Waals surface area contributed by atoms with Gasteiger partial charge in [-0.25, -0.2) is 0 Å². The molecule has 0 saturated heterocycles. The summed E-state index contributed by atoms with van der Waals surface area (Å²) >= 11 is 0. The molecule has 0 aliphatic carbocycles. The number of hydrogen-bond donors (Lipinski definition) is 1. The lowest BCUT2D eigenvalue weighted by molar-refractivity contribution is 0.412. The minimum atomic E-state index is 0.835. The Balaban J connectivity index is 2.63. The van der Waals surface area contributed by atoms with Gasteiger partial charge in [0.15, 0.2) is 5.82 Å². The van der Waals surface area contributed by atoms with E-state index in [-0.39, 0.29) is 0 Å². The third-order valence-corrected chi connectivity index (χ3v) is 4.00. The predicted octanol–water partition coefficient (Wildman–Crippen LogP) is 3.82. The van der Waals surface area contributed by atoms with E-state index in [1.807, 2.05) is 0 Å². The van der Waals surface area contributed by atoms with Gasteiger partial charge in [-0.1, -0.05) is 6.07 Å². The standard InChI is InChI=1S/C17H23N3O/c1-7-18-17-13(5)12(4)15(19-20-17)14-9-8-10(2)11(3)16(14)21-6/h8-9H,7H2,1-6H3,(H,18,20). The highest BCUT2D eigenvalue weighted by molar-refractivity contribution is 5.74. The molecular formula is C17H23N3O. The molecule has 1 aromatic carbocycles. The summed E-state index contributed by atoms with van der Waals surface area (Å²) in [6.07, 6.45) is 0. The molecule has 0 amide bonds. The highest BCUT2D eigenvalue weighted by Crippen LogP contribution is 2.36. The van der Waals surface area contributed by atoms with Crippen LogP contribution in [0.2, 0.25) is 0 Å². The lowest BCUT2D eigenvalue weighted by Crippen LogP contribution is -2.06. The minimum absolute atomic E-state index is 0.835. The van der Waals surface area contributed by atoms with Gasteiger partial charge >= 0.3 is 0 Å². The number of benzene rings is 1. The summed E-state index contributed by atoms with van der Waals surface area (Å²) in [6, 6.07) is 4.16. The molecule has 1 aromatic heterocycles. The van der Waals surface area contributed by atoms with E-state index >= 15 is 0 Å². The second-order valence-electron chi connectivity index (χ2n) is 5.27. The highest BCUT2D eigenvalue weighted by Gasteiger charge is 2.16. The van der Waals surface area contributed by atoms with Crippen LogP contribution in [0.3, 0.4) is 0 Å². The molecular weight excluding hydrogens is 262 g/mol. The second kappa shape index (κ2) is 6.12. The number of nitrogens with one attached hydrogen (secondary N) is 1. The van der Waals surface area contributed by atoms with Crippen LogP contribution in [0.25, 0.3) is 11.3 Å². The fourth-order valence-electron chi connectivity index (χ4n) is 2.44. The number of rotatable bonds is 4. The summed E-state index contributed by atoms with van der Waals surface area (Å²) in [6.45, 7) is 11.2. The number of anilines is 1. The molecule has 0 saturated carbocycles. The molecule has 0 fully saturated rings. The van der Waals surface area contributed by atoms with E-state index in [1.165, 1.54) is 5.56 Å². The topological polar surface area (TPSA) is 47.0 Å². The lowest BCUT2D eigenvalue weighted by atomic mass is 9.98. The zero-order valence-electron chi connectivity index (χ0n) is 13.7. The van der Waals surface area contributed by atoms with Crippen molar-refractivity contribution in [2.75, 3.05) is 19.0 Å². The van der Waals surface area contributed by atoms with E-state index in [0.29, 0.717) is 0 Å². The monoisotopic (exact) mass is 285 g/mol. The maximum atomic E-state index is 5.60. The van der Waals surface area contributed by atoms with E-state index in [2.05, 4.69) is 62.3 Å². The van der Waals surface area contributed by atoms with Crippen molar-refractivity contribution >= 4 is 5.82 Å². The Kier molecular flexibility index (Phi) is 4.46. The molecule has 0 radical (unpaired) electrons. The van der Waals surface area contributed by atoms with Gasteiger partial charge in [-0.2, -0.15) is 0 Å². The molecule has 4 heteroatoms. The predicted molar refractivity (Wildman–Crippen MR) is 87.1 cm³/mol. The summed E-state index contributed by atoms with van der Waals surface area (Å²) in [4.78, 5) is 0. The van der Waals surface area contributed by atoms with Gasteiger partial charge in [0.25, 0.3) is 0 Å². The van der Waals surface area contributed by atoms with E-state index in [0.717, 1.165) is 46.1 Å². The van der Waals surface area contributed by atoms with E-state index in [9.17, 15) is 0 Å². The molecule has 0 atom stereocenters. The first kappa shape index (κ1) is 15.3. The molecule has 2 rings (SSSR count). The summed E-state index contributed by atoms with van der Waals surface area (Å²) in [7, 11) is 1.70. The van der Waals surface area contributed by atoms with Crippen LogP contribution in [-0.4, -0.2) is 23.9 Å². The van der Waals surface area contributed by atoms with Gasteiger partial charge in [0.1, 0.15) is 5.75 Å². The van der Waals surface area contributed by atoms with Gasteiger partial charge in [0.2, 0.25) is 0 Å². The zero-order valence-corrected chi connectivity index (χ0v) is 13.7. The molecule has 2 aromatic rings. The summed E-state index contributed by atoms with van der Waals surface area (Å²) in [5, 5.41) is 12.0. The van der Waals surface area contributed by atoms with Crippen LogP contribution in [0.15, 0.2) is 12.1 Å². The van der Waals surface area contributed by atoms with Crippen LogP contribution in [0.4, 0.5) is 5.82 Å². The van der Waals surface area contributed by atoms with Crippen LogP contribution < -0.4 is 10.1 Å². The number of nitrogens with zero attached hydrogens (tertiary/aromatic N) is 2.